The van der Waals surface area contributed by atoms with Crippen molar-refractivity contribution < 1.29 is 14.0 Å². The van der Waals surface area contributed by atoms with Gasteiger partial charge in [0.15, 0.2) is 0 Å². The van der Waals surface area contributed by atoms with Gasteiger partial charge in [-0.25, -0.2) is 0 Å². The molecule has 0 radical (unpaired) electrons. The first-order valence-corrected chi connectivity index (χ1v) is 12.5. The molecule has 0 bridgehead atoms. The van der Waals surface area contributed by atoms with Crippen LogP contribution in [0.15, 0.2) is 80.4 Å². The number of benzene rings is 2. The van der Waals surface area contributed by atoms with Gasteiger partial charge in [-0.05, 0) is 66.6 Å². The number of nitrogens with one attached hydrogen (secondary N) is 1. The van der Waals surface area contributed by atoms with Crippen molar-refractivity contribution in [3.05, 3.63) is 97.3 Å². The molecule has 1 aliphatic heterocycles. The zero-order chi connectivity index (χ0) is 24.2. The number of anilines is 1. The molecule has 1 saturated heterocycles. The highest BCUT2D eigenvalue weighted by Gasteiger charge is 2.41. The van der Waals surface area contributed by atoms with E-state index in [4.69, 9.17) is 27.6 Å². The van der Waals surface area contributed by atoms with Gasteiger partial charge in [-0.15, -0.1) is 0 Å². The van der Waals surface area contributed by atoms with Crippen LogP contribution < -0.4 is 10.2 Å². The van der Waals surface area contributed by atoms with Gasteiger partial charge in [0, 0.05) is 20.2 Å². The van der Waals surface area contributed by atoms with Crippen LogP contribution in [0, 0.1) is 11.3 Å². The molecule has 2 heterocycles. The first kappa shape index (κ1) is 24.4. The fourth-order valence-electron chi connectivity index (χ4n) is 3.38. The molecule has 2 aromatic carbocycles. The average molecular weight is 577 g/mol. The third-order valence-electron chi connectivity index (χ3n) is 5.01. The lowest BCUT2D eigenvalue weighted by atomic mass is 10.1. The minimum Gasteiger partial charge on any atom is -0.467 e. The topological polar surface area (TPSA) is 86.3 Å². The summed E-state index contributed by atoms with van der Waals surface area (Å²) in [6.45, 7) is 0.114. The SMILES string of the molecule is N#C/C(C(=O)NCc1ccco1)=C1/S[C@@H](Cc2cc(Cl)ccc2Cl)C(=O)N1c1ccc(Br)cc1. The third kappa shape index (κ3) is 5.34. The fourth-order valence-corrected chi connectivity index (χ4v) is 5.33. The van der Waals surface area contributed by atoms with Crippen LogP contribution >= 0.6 is 50.9 Å². The van der Waals surface area contributed by atoms with Crippen molar-refractivity contribution in [1.82, 2.24) is 5.32 Å². The highest BCUT2D eigenvalue weighted by molar-refractivity contribution is 9.10. The van der Waals surface area contributed by atoms with Crippen molar-refractivity contribution in [3.8, 4) is 6.07 Å². The van der Waals surface area contributed by atoms with Gasteiger partial charge in [0.1, 0.15) is 22.4 Å². The van der Waals surface area contributed by atoms with Crippen LogP contribution in [-0.2, 0) is 22.6 Å². The number of amides is 2. The highest BCUT2D eigenvalue weighted by atomic mass is 79.9. The largest absolute Gasteiger partial charge is 0.467 e. The van der Waals surface area contributed by atoms with E-state index in [2.05, 4.69) is 21.2 Å². The van der Waals surface area contributed by atoms with Crippen molar-refractivity contribution in [1.29, 1.82) is 5.26 Å². The zero-order valence-corrected chi connectivity index (χ0v) is 21.3. The minimum atomic E-state index is -0.601. The van der Waals surface area contributed by atoms with Crippen LogP contribution in [0.25, 0.3) is 0 Å². The van der Waals surface area contributed by atoms with E-state index in [1.807, 2.05) is 6.07 Å². The Morgan fingerprint density at radius 3 is 2.65 bits per heavy atom. The summed E-state index contributed by atoms with van der Waals surface area (Å²) in [6, 6.07) is 17.5. The zero-order valence-electron chi connectivity index (χ0n) is 17.4. The molecule has 0 spiro atoms. The Kier molecular flexibility index (Phi) is 7.69. The fraction of sp³-hybridized carbons (Fsp3) is 0.125. The maximum atomic E-state index is 13.5. The molecular formula is C24H16BrCl2N3O3S. The van der Waals surface area contributed by atoms with Gasteiger partial charge in [-0.1, -0.05) is 50.9 Å². The van der Waals surface area contributed by atoms with Crippen molar-refractivity contribution in [2.45, 2.75) is 18.2 Å². The highest BCUT2D eigenvalue weighted by Crippen LogP contribution is 2.42. The second-order valence-electron chi connectivity index (χ2n) is 7.25. The van der Waals surface area contributed by atoms with Gasteiger partial charge in [0.25, 0.3) is 5.91 Å². The molecule has 34 heavy (non-hydrogen) atoms. The lowest BCUT2D eigenvalue weighted by molar-refractivity contribution is -0.117. The molecule has 1 aliphatic rings. The van der Waals surface area contributed by atoms with Gasteiger partial charge in [-0.3, -0.25) is 14.5 Å². The molecule has 10 heteroatoms. The van der Waals surface area contributed by atoms with E-state index in [1.54, 1.807) is 54.6 Å². The quantitative estimate of drug-likeness (QED) is 0.283. The number of hydrogen-bond acceptors (Lipinski definition) is 5. The van der Waals surface area contributed by atoms with Crippen LogP contribution in [0.1, 0.15) is 11.3 Å². The van der Waals surface area contributed by atoms with E-state index in [0.29, 0.717) is 27.1 Å². The molecule has 1 aromatic heterocycles. The third-order valence-corrected chi connectivity index (χ3v) is 7.40. The number of carbonyl (C=O) groups is 2. The number of halogens is 3. The first-order valence-electron chi connectivity index (χ1n) is 10.0. The van der Waals surface area contributed by atoms with E-state index >= 15 is 0 Å². The maximum absolute atomic E-state index is 13.5. The van der Waals surface area contributed by atoms with Crippen molar-refractivity contribution in [3.63, 3.8) is 0 Å². The van der Waals surface area contributed by atoms with Gasteiger partial charge >= 0.3 is 0 Å². The van der Waals surface area contributed by atoms with Crippen molar-refractivity contribution in [2.24, 2.45) is 0 Å². The summed E-state index contributed by atoms with van der Waals surface area (Å²) >= 11 is 17.0. The van der Waals surface area contributed by atoms with E-state index in [1.165, 1.54) is 11.2 Å². The Labute approximate surface area is 218 Å². The molecule has 1 atom stereocenters. The number of rotatable bonds is 6. The maximum Gasteiger partial charge on any atom is 0.265 e. The van der Waals surface area contributed by atoms with Crippen LogP contribution in [0.4, 0.5) is 5.69 Å². The first-order chi connectivity index (χ1) is 16.4. The predicted octanol–water partition coefficient (Wildman–Crippen LogP) is 6.09. The summed E-state index contributed by atoms with van der Waals surface area (Å²) in [7, 11) is 0. The van der Waals surface area contributed by atoms with Crippen LogP contribution in [-0.4, -0.2) is 17.1 Å². The second kappa shape index (κ2) is 10.7. The number of nitrogens with zero attached hydrogens (tertiary/aromatic N) is 2. The van der Waals surface area contributed by atoms with E-state index in [9.17, 15) is 14.9 Å². The molecule has 1 fully saturated rings. The van der Waals surface area contributed by atoms with Crippen LogP contribution in [0.5, 0.6) is 0 Å². The molecule has 0 aliphatic carbocycles. The van der Waals surface area contributed by atoms with Gasteiger partial charge in [0.05, 0.1) is 18.1 Å². The van der Waals surface area contributed by atoms with E-state index in [0.717, 1.165) is 16.2 Å². The molecular weight excluding hydrogens is 561 g/mol. The molecule has 1 N–H and O–H groups in total. The smallest absolute Gasteiger partial charge is 0.265 e. The number of thioether (sulfide) groups is 1. The Hall–Kier alpha value is -2.70. The minimum absolute atomic E-state index is 0.114. The summed E-state index contributed by atoms with van der Waals surface area (Å²) in [5.41, 5.74) is 1.09. The molecule has 2 amide bonds. The summed E-state index contributed by atoms with van der Waals surface area (Å²) < 4.78 is 6.07. The van der Waals surface area contributed by atoms with Gasteiger partial charge in [0.2, 0.25) is 5.91 Å². The molecule has 6 nitrogen and oxygen atoms in total. The Bertz CT molecular complexity index is 1300. The second-order valence-corrected chi connectivity index (χ2v) is 10.2. The monoisotopic (exact) mass is 575 g/mol. The molecule has 172 valence electrons. The predicted molar refractivity (Wildman–Crippen MR) is 136 cm³/mol. The van der Waals surface area contributed by atoms with Crippen molar-refractivity contribution >= 4 is 68.4 Å². The average Bonchev–Trinajstić information content (AvgIpc) is 3.45. The Morgan fingerprint density at radius 1 is 1.21 bits per heavy atom. The van der Waals surface area contributed by atoms with Crippen LogP contribution in [0.2, 0.25) is 10.0 Å². The molecule has 3 aromatic rings. The molecule has 4 rings (SSSR count). The van der Waals surface area contributed by atoms with E-state index in [-0.39, 0.29) is 29.5 Å². The van der Waals surface area contributed by atoms with Gasteiger partial charge < -0.3 is 9.73 Å². The molecule has 0 saturated carbocycles. The summed E-state index contributed by atoms with van der Waals surface area (Å²) in [4.78, 5) is 27.9. The number of furan rings is 1. The van der Waals surface area contributed by atoms with Crippen LogP contribution in [0.3, 0.4) is 0 Å². The number of hydrogen-bond donors (Lipinski definition) is 1. The summed E-state index contributed by atoms with van der Waals surface area (Å²) in [6.07, 6.45) is 1.78. The molecule has 0 unspecified atom stereocenters. The van der Waals surface area contributed by atoms with Crippen molar-refractivity contribution in [2.75, 3.05) is 4.90 Å². The summed E-state index contributed by atoms with van der Waals surface area (Å²) in [5.74, 6) is -0.313. The summed E-state index contributed by atoms with van der Waals surface area (Å²) in [5, 5.41) is 13.2. The number of nitriles is 1. The van der Waals surface area contributed by atoms with E-state index < -0.39 is 11.2 Å². The van der Waals surface area contributed by atoms with Gasteiger partial charge in [-0.2, -0.15) is 5.26 Å². The Balaban J connectivity index is 1.70. The lowest BCUT2D eigenvalue weighted by Gasteiger charge is -2.19. The lowest BCUT2D eigenvalue weighted by Crippen LogP contribution is -2.32. The number of carbonyl (C=O) groups excluding carboxylic acids is 2. The Morgan fingerprint density at radius 2 is 1.97 bits per heavy atom. The standard InChI is InChI=1S/C24H16BrCl2N3O3S/c25-15-3-6-17(7-4-15)30-23(32)21(11-14-10-16(26)5-8-20(14)27)34-24(30)19(12-28)22(31)29-13-18-2-1-9-33-18/h1-10,21H,11,13H2,(H,29,31)/b24-19-/t21-/m0/s1. The normalized spacial score (nSPS) is 16.9.